The number of aromatic nitrogens is 1. The van der Waals surface area contributed by atoms with E-state index in [0.717, 1.165) is 0 Å². The Bertz CT molecular complexity index is 286. The van der Waals surface area contributed by atoms with Crippen LogP contribution < -0.4 is 11.2 Å². The largest absolute Gasteiger partial charge is 0.368 e. The minimum atomic E-state index is -0.283. The summed E-state index contributed by atoms with van der Waals surface area (Å²) in [5.41, 5.74) is 7.70. The number of nitrogens with zero attached hydrogens (tertiary/aromatic N) is 3. The summed E-state index contributed by atoms with van der Waals surface area (Å²) in [4.78, 5) is 7.55. The lowest BCUT2D eigenvalue weighted by molar-refractivity contribution is -0.329. The molecule has 0 aromatic carbocycles. The Labute approximate surface area is 74.0 Å². The van der Waals surface area contributed by atoms with Crippen LogP contribution in [0, 0.1) is 0 Å². The van der Waals surface area contributed by atoms with Crippen LogP contribution in [-0.4, -0.2) is 26.7 Å². The van der Waals surface area contributed by atoms with Crippen LogP contribution in [0.4, 0.5) is 5.69 Å². The van der Waals surface area contributed by atoms with Gasteiger partial charge in [0.2, 0.25) is 5.96 Å². The Balaban J connectivity index is 2.66. The molecule has 0 spiro atoms. The summed E-state index contributed by atoms with van der Waals surface area (Å²) in [6.45, 7) is 0. The summed E-state index contributed by atoms with van der Waals surface area (Å²) >= 11 is 0. The molecule has 0 bridgehead atoms. The lowest BCUT2D eigenvalue weighted by atomic mass is 10.4. The first-order valence-corrected chi connectivity index (χ1v) is 3.37. The second kappa shape index (κ2) is 4.36. The van der Waals surface area contributed by atoms with E-state index in [-0.39, 0.29) is 11.3 Å². The van der Waals surface area contributed by atoms with Crippen LogP contribution in [0.25, 0.3) is 0 Å². The van der Waals surface area contributed by atoms with E-state index in [1.54, 1.807) is 18.3 Å². The first-order chi connectivity index (χ1) is 6.18. The monoisotopic (exact) mass is 183 g/mol. The molecule has 0 aliphatic carbocycles. The molecule has 0 unspecified atom stereocenters. The Morgan fingerprint density at radius 2 is 2.38 bits per heavy atom. The average Bonchev–Trinajstić information content (AvgIpc) is 2.04. The predicted octanol–water partition coefficient (Wildman–Crippen LogP) is -0.387. The molecule has 0 saturated carbocycles. The molecule has 0 radical (unpaired) electrons. The molecule has 7 nitrogen and oxygen atoms in total. The predicted molar refractivity (Wildman–Crippen MR) is 44.1 cm³/mol. The van der Waals surface area contributed by atoms with E-state index in [1.165, 1.54) is 6.20 Å². The number of pyridine rings is 1. The van der Waals surface area contributed by atoms with Crippen molar-refractivity contribution in [2.45, 2.75) is 0 Å². The molecule has 0 aliphatic heterocycles. The average molecular weight is 183 g/mol. The summed E-state index contributed by atoms with van der Waals surface area (Å²) in [6, 6.07) is 3.35. The fraction of sp³-hybridized carbons (Fsp3) is 0. The Hall–Kier alpha value is -1.70. The zero-order valence-electron chi connectivity index (χ0n) is 6.62. The second-order valence-corrected chi connectivity index (χ2v) is 2.11. The van der Waals surface area contributed by atoms with Gasteiger partial charge in [-0.1, -0.05) is 0 Å². The van der Waals surface area contributed by atoms with E-state index in [9.17, 15) is 0 Å². The number of rotatable bonds is 2. The zero-order valence-corrected chi connectivity index (χ0v) is 6.62. The summed E-state index contributed by atoms with van der Waals surface area (Å²) in [5, 5.41) is 16.3. The van der Waals surface area contributed by atoms with Gasteiger partial charge in [0.15, 0.2) is 0 Å². The molecule has 0 amide bonds. The molecule has 70 valence electrons. The zero-order chi connectivity index (χ0) is 9.68. The van der Waals surface area contributed by atoms with Gasteiger partial charge in [0, 0.05) is 11.5 Å². The molecule has 0 saturated heterocycles. The molecule has 0 aliphatic rings. The summed E-state index contributed by atoms with van der Waals surface area (Å²) in [6.07, 6.45) is 3.07. The van der Waals surface area contributed by atoms with Crippen molar-refractivity contribution in [3.05, 3.63) is 24.5 Å². The van der Waals surface area contributed by atoms with Crippen LogP contribution >= 0.6 is 0 Å². The normalized spacial score (nSPS) is 11.8. The molecule has 7 heteroatoms. The number of guanidine groups is 1. The highest BCUT2D eigenvalue weighted by atomic mass is 16.8. The van der Waals surface area contributed by atoms with Crippen molar-refractivity contribution >= 4 is 11.6 Å². The van der Waals surface area contributed by atoms with Gasteiger partial charge >= 0.3 is 0 Å². The molecule has 0 atom stereocenters. The van der Waals surface area contributed by atoms with Gasteiger partial charge < -0.3 is 5.73 Å². The molecule has 1 aromatic rings. The van der Waals surface area contributed by atoms with E-state index in [1.807, 2.05) is 5.43 Å². The molecule has 1 heterocycles. The lowest BCUT2D eigenvalue weighted by Crippen LogP contribution is -2.41. The SMILES string of the molecule is NC(=Nc1cccnc1)NN(O)O. The lowest BCUT2D eigenvalue weighted by Gasteiger charge is -2.07. The fourth-order valence-corrected chi connectivity index (χ4v) is 0.686. The van der Waals surface area contributed by atoms with Gasteiger partial charge in [-0.15, -0.1) is 0 Å². The minimum Gasteiger partial charge on any atom is -0.368 e. The molecule has 1 aromatic heterocycles. The van der Waals surface area contributed by atoms with E-state index in [4.69, 9.17) is 16.1 Å². The van der Waals surface area contributed by atoms with Crippen molar-refractivity contribution < 1.29 is 10.4 Å². The number of nitrogens with two attached hydrogens (primary N) is 1. The maximum Gasteiger partial charge on any atom is 0.212 e. The summed E-state index contributed by atoms with van der Waals surface area (Å²) in [5.74, 6) is -0.155. The smallest absolute Gasteiger partial charge is 0.212 e. The Morgan fingerprint density at radius 1 is 1.62 bits per heavy atom. The van der Waals surface area contributed by atoms with Crippen molar-refractivity contribution in [3.63, 3.8) is 0 Å². The van der Waals surface area contributed by atoms with Gasteiger partial charge in [-0.05, 0) is 12.1 Å². The maximum absolute atomic E-state index is 8.30. The Kier molecular flexibility index (Phi) is 3.15. The van der Waals surface area contributed by atoms with Gasteiger partial charge in [-0.25, -0.2) is 10.4 Å². The van der Waals surface area contributed by atoms with Crippen LogP contribution in [0.1, 0.15) is 0 Å². The topological polar surface area (TPSA) is 107 Å². The van der Waals surface area contributed by atoms with E-state index in [0.29, 0.717) is 5.69 Å². The molecule has 0 fully saturated rings. The molecular weight excluding hydrogens is 174 g/mol. The van der Waals surface area contributed by atoms with Crippen molar-refractivity contribution in [1.29, 1.82) is 0 Å². The summed E-state index contributed by atoms with van der Waals surface area (Å²) < 4.78 is 0. The van der Waals surface area contributed by atoms with Gasteiger partial charge in [-0.2, -0.15) is 0 Å². The summed E-state index contributed by atoms with van der Waals surface area (Å²) in [7, 11) is 0. The highest BCUT2D eigenvalue weighted by Crippen LogP contribution is 2.06. The van der Waals surface area contributed by atoms with Crippen molar-refractivity contribution in [3.8, 4) is 0 Å². The number of hydrazine groups is 1. The standard InChI is InChI=1S/C6H9N5O2/c7-6(10-11(12)13)9-5-2-1-3-8-4-5/h1-4,12-13H,(H3,7,9,10). The van der Waals surface area contributed by atoms with Crippen LogP contribution in [0.3, 0.4) is 0 Å². The number of hydrogen-bond acceptors (Lipinski definition) is 5. The van der Waals surface area contributed by atoms with Gasteiger partial charge in [-0.3, -0.25) is 15.4 Å². The molecule has 1 rings (SSSR count). The third-order valence-electron chi connectivity index (χ3n) is 1.11. The van der Waals surface area contributed by atoms with Crippen LogP contribution in [0.15, 0.2) is 29.5 Å². The highest BCUT2D eigenvalue weighted by Gasteiger charge is 1.95. The fourth-order valence-electron chi connectivity index (χ4n) is 0.686. The third-order valence-corrected chi connectivity index (χ3v) is 1.11. The molecule has 5 N–H and O–H groups in total. The van der Waals surface area contributed by atoms with Gasteiger partial charge in [0.25, 0.3) is 0 Å². The number of hydrogen-bond donors (Lipinski definition) is 4. The van der Waals surface area contributed by atoms with Gasteiger partial charge in [0.1, 0.15) is 0 Å². The molecule has 13 heavy (non-hydrogen) atoms. The van der Waals surface area contributed by atoms with Crippen LogP contribution in [0.2, 0.25) is 0 Å². The van der Waals surface area contributed by atoms with Crippen LogP contribution in [0.5, 0.6) is 0 Å². The maximum atomic E-state index is 8.30. The number of aliphatic imine (C=N–C) groups is 1. The number of nitrogens with one attached hydrogen (secondary N) is 1. The Morgan fingerprint density at radius 3 is 2.92 bits per heavy atom. The third kappa shape index (κ3) is 3.47. The quantitative estimate of drug-likeness (QED) is 0.282. The van der Waals surface area contributed by atoms with E-state index >= 15 is 0 Å². The van der Waals surface area contributed by atoms with E-state index in [2.05, 4.69) is 9.98 Å². The molecular formula is C6H9N5O2. The highest BCUT2D eigenvalue weighted by molar-refractivity contribution is 5.80. The first-order valence-electron chi connectivity index (χ1n) is 3.37. The minimum absolute atomic E-state index is 0.155. The second-order valence-electron chi connectivity index (χ2n) is 2.11. The van der Waals surface area contributed by atoms with Crippen LogP contribution in [-0.2, 0) is 0 Å². The van der Waals surface area contributed by atoms with Crippen molar-refractivity contribution in [2.75, 3.05) is 0 Å². The van der Waals surface area contributed by atoms with Gasteiger partial charge in [0.05, 0.1) is 11.9 Å². The van der Waals surface area contributed by atoms with Crippen molar-refractivity contribution in [2.24, 2.45) is 10.7 Å². The van der Waals surface area contributed by atoms with E-state index < -0.39 is 0 Å². The first kappa shape index (κ1) is 9.39. The van der Waals surface area contributed by atoms with Crippen molar-refractivity contribution in [1.82, 2.24) is 15.7 Å².